The fourth-order valence-electron chi connectivity index (χ4n) is 2.84. The molecule has 2 atom stereocenters. The molecule has 2 unspecified atom stereocenters. The van der Waals surface area contributed by atoms with Crippen molar-refractivity contribution < 1.29 is 9.53 Å². The van der Waals surface area contributed by atoms with E-state index in [0.717, 1.165) is 19.3 Å². The topological polar surface area (TPSA) is 55.6 Å². The van der Waals surface area contributed by atoms with E-state index >= 15 is 0 Å². The van der Waals surface area contributed by atoms with Crippen LogP contribution in [0.15, 0.2) is 0 Å². The average Bonchev–Trinajstić information content (AvgIpc) is 2.38. The second-order valence-electron chi connectivity index (χ2n) is 5.50. The summed E-state index contributed by atoms with van der Waals surface area (Å²) < 4.78 is 5.09. The summed E-state index contributed by atoms with van der Waals surface area (Å²) in [5.74, 6) is 0.773. The molecule has 1 amide bonds. The number of hydrogen-bond acceptors (Lipinski definition) is 3. The zero-order chi connectivity index (χ0) is 13.5. The van der Waals surface area contributed by atoms with Crippen LogP contribution in [0.4, 0.5) is 0 Å². The Morgan fingerprint density at radius 1 is 1.39 bits per heavy atom. The number of carbonyl (C=O) groups is 1. The summed E-state index contributed by atoms with van der Waals surface area (Å²) in [6.45, 7) is 6.04. The van der Waals surface area contributed by atoms with Gasteiger partial charge in [-0.2, -0.15) is 0 Å². The minimum atomic E-state index is 0.128. The van der Waals surface area contributed by atoms with Gasteiger partial charge in [-0.1, -0.05) is 12.8 Å². The third-order valence-electron chi connectivity index (χ3n) is 3.97. The molecule has 0 aromatic heterocycles. The predicted molar refractivity (Wildman–Crippen MR) is 73.2 cm³/mol. The molecule has 0 aliphatic heterocycles. The highest BCUT2D eigenvalue weighted by Gasteiger charge is 2.33. The van der Waals surface area contributed by atoms with Crippen molar-refractivity contribution in [2.24, 2.45) is 17.6 Å². The Bertz CT molecular complexity index is 256. The number of nitrogens with two attached hydrogens (primary N) is 1. The lowest BCUT2D eigenvalue weighted by molar-refractivity contribution is -0.140. The van der Waals surface area contributed by atoms with Crippen molar-refractivity contribution in [2.45, 2.75) is 45.6 Å². The number of amides is 1. The van der Waals surface area contributed by atoms with Crippen molar-refractivity contribution in [1.82, 2.24) is 4.90 Å². The fraction of sp³-hybridized carbons (Fsp3) is 0.929. The van der Waals surface area contributed by atoms with Gasteiger partial charge >= 0.3 is 0 Å². The fourth-order valence-corrected chi connectivity index (χ4v) is 2.84. The first-order valence-electron chi connectivity index (χ1n) is 7.11. The molecular formula is C14H28N2O2. The Balaban J connectivity index is 2.67. The van der Waals surface area contributed by atoms with Crippen LogP contribution in [0, 0.1) is 11.8 Å². The van der Waals surface area contributed by atoms with Gasteiger partial charge in [0.15, 0.2) is 0 Å². The van der Waals surface area contributed by atoms with Gasteiger partial charge in [0.1, 0.15) is 0 Å². The van der Waals surface area contributed by atoms with Crippen molar-refractivity contribution in [1.29, 1.82) is 0 Å². The molecule has 1 aliphatic carbocycles. The molecule has 0 aromatic rings. The first-order chi connectivity index (χ1) is 8.61. The van der Waals surface area contributed by atoms with Gasteiger partial charge in [0.2, 0.25) is 5.91 Å². The lowest BCUT2D eigenvalue weighted by Gasteiger charge is -2.36. The number of rotatable bonds is 6. The van der Waals surface area contributed by atoms with Crippen LogP contribution >= 0.6 is 0 Å². The Morgan fingerprint density at radius 3 is 2.61 bits per heavy atom. The molecule has 4 nitrogen and oxygen atoms in total. The molecule has 18 heavy (non-hydrogen) atoms. The van der Waals surface area contributed by atoms with Crippen LogP contribution in [0.25, 0.3) is 0 Å². The second-order valence-corrected chi connectivity index (χ2v) is 5.50. The molecular weight excluding hydrogens is 228 g/mol. The third-order valence-corrected chi connectivity index (χ3v) is 3.97. The van der Waals surface area contributed by atoms with Crippen LogP contribution in [0.2, 0.25) is 0 Å². The zero-order valence-corrected chi connectivity index (χ0v) is 12.0. The number of methoxy groups -OCH3 is 1. The standard InChI is InChI=1S/C14H28N2O2/c1-11(2)16(8-9-18-3)14(17)13-7-5-4-6-12(13)10-15/h11-13H,4-10,15H2,1-3H3. The van der Waals surface area contributed by atoms with E-state index in [1.54, 1.807) is 7.11 Å². The van der Waals surface area contributed by atoms with Gasteiger partial charge in [0, 0.05) is 25.6 Å². The summed E-state index contributed by atoms with van der Waals surface area (Å²) in [4.78, 5) is 14.6. The van der Waals surface area contributed by atoms with Crippen LogP contribution in [-0.2, 0) is 9.53 Å². The molecule has 4 heteroatoms. The average molecular weight is 256 g/mol. The molecule has 1 rings (SSSR count). The first-order valence-corrected chi connectivity index (χ1v) is 7.11. The summed E-state index contributed by atoms with van der Waals surface area (Å²) in [5, 5.41) is 0. The molecule has 1 aliphatic rings. The van der Waals surface area contributed by atoms with Crippen molar-refractivity contribution in [2.75, 3.05) is 26.8 Å². The monoisotopic (exact) mass is 256 g/mol. The Hall–Kier alpha value is -0.610. The summed E-state index contributed by atoms with van der Waals surface area (Å²) in [6.07, 6.45) is 4.47. The lowest BCUT2D eigenvalue weighted by atomic mass is 9.78. The maximum Gasteiger partial charge on any atom is 0.226 e. The van der Waals surface area contributed by atoms with E-state index in [9.17, 15) is 4.79 Å². The van der Waals surface area contributed by atoms with E-state index in [4.69, 9.17) is 10.5 Å². The van der Waals surface area contributed by atoms with Crippen molar-refractivity contribution in [3.8, 4) is 0 Å². The van der Waals surface area contributed by atoms with Crippen LogP contribution in [-0.4, -0.2) is 43.7 Å². The highest BCUT2D eigenvalue weighted by Crippen LogP contribution is 2.31. The number of nitrogens with zero attached hydrogens (tertiary/aromatic N) is 1. The van der Waals surface area contributed by atoms with Crippen molar-refractivity contribution >= 4 is 5.91 Å². The van der Waals surface area contributed by atoms with E-state index < -0.39 is 0 Å². The molecule has 0 bridgehead atoms. The number of hydrogen-bond donors (Lipinski definition) is 1. The normalized spacial score (nSPS) is 24.3. The summed E-state index contributed by atoms with van der Waals surface area (Å²) in [7, 11) is 1.67. The van der Waals surface area contributed by atoms with Crippen LogP contribution in [0.1, 0.15) is 39.5 Å². The Morgan fingerprint density at radius 2 is 2.06 bits per heavy atom. The molecule has 1 saturated carbocycles. The maximum absolute atomic E-state index is 12.6. The van der Waals surface area contributed by atoms with E-state index in [2.05, 4.69) is 13.8 Å². The molecule has 0 heterocycles. The molecule has 0 saturated heterocycles. The SMILES string of the molecule is COCCN(C(=O)C1CCCCC1CN)C(C)C. The van der Waals surface area contributed by atoms with E-state index in [1.165, 1.54) is 6.42 Å². The largest absolute Gasteiger partial charge is 0.383 e. The minimum absolute atomic E-state index is 0.128. The van der Waals surface area contributed by atoms with Gasteiger partial charge in [-0.25, -0.2) is 0 Å². The zero-order valence-electron chi connectivity index (χ0n) is 12.0. The molecule has 0 spiro atoms. The van der Waals surface area contributed by atoms with Gasteiger partial charge in [0.05, 0.1) is 6.61 Å². The van der Waals surface area contributed by atoms with Gasteiger partial charge in [-0.05, 0) is 39.2 Å². The summed E-state index contributed by atoms with van der Waals surface area (Å²) in [5.41, 5.74) is 5.81. The van der Waals surface area contributed by atoms with Gasteiger partial charge < -0.3 is 15.4 Å². The van der Waals surface area contributed by atoms with Crippen molar-refractivity contribution in [3.63, 3.8) is 0 Å². The minimum Gasteiger partial charge on any atom is -0.383 e. The molecule has 1 fully saturated rings. The number of carbonyl (C=O) groups excluding carboxylic acids is 1. The van der Waals surface area contributed by atoms with Gasteiger partial charge in [0.25, 0.3) is 0 Å². The number of ether oxygens (including phenoxy) is 1. The summed E-state index contributed by atoms with van der Waals surface area (Å²) in [6, 6.07) is 0.230. The quantitative estimate of drug-likeness (QED) is 0.786. The smallest absolute Gasteiger partial charge is 0.226 e. The first kappa shape index (κ1) is 15.4. The van der Waals surface area contributed by atoms with Crippen LogP contribution < -0.4 is 5.73 Å². The second kappa shape index (κ2) is 7.74. The molecule has 106 valence electrons. The van der Waals surface area contributed by atoms with Crippen LogP contribution in [0.3, 0.4) is 0 Å². The molecule has 2 N–H and O–H groups in total. The molecule has 0 radical (unpaired) electrons. The highest BCUT2D eigenvalue weighted by atomic mass is 16.5. The van der Waals surface area contributed by atoms with Gasteiger partial charge in [-0.15, -0.1) is 0 Å². The predicted octanol–water partition coefficient (Wildman–Crippen LogP) is 1.63. The Labute approximate surface area is 111 Å². The van der Waals surface area contributed by atoms with Crippen molar-refractivity contribution in [3.05, 3.63) is 0 Å². The lowest BCUT2D eigenvalue weighted by Crippen LogP contribution is -2.46. The van der Waals surface area contributed by atoms with E-state index in [-0.39, 0.29) is 17.9 Å². The maximum atomic E-state index is 12.6. The van der Waals surface area contributed by atoms with Gasteiger partial charge in [-0.3, -0.25) is 4.79 Å². The Kier molecular flexibility index (Phi) is 6.65. The third kappa shape index (κ3) is 3.95. The summed E-state index contributed by atoms with van der Waals surface area (Å²) >= 11 is 0. The molecule has 0 aromatic carbocycles. The van der Waals surface area contributed by atoms with E-state index in [1.807, 2.05) is 4.90 Å². The van der Waals surface area contributed by atoms with Crippen LogP contribution in [0.5, 0.6) is 0 Å². The van der Waals surface area contributed by atoms with E-state index in [0.29, 0.717) is 25.6 Å². The highest BCUT2D eigenvalue weighted by molar-refractivity contribution is 5.79.